The number of aliphatic imine (C=N–C) groups is 1. The Labute approximate surface area is 166 Å². The fourth-order valence-corrected chi connectivity index (χ4v) is 4.59. The van der Waals surface area contributed by atoms with E-state index in [1.165, 1.54) is 6.42 Å². The summed E-state index contributed by atoms with van der Waals surface area (Å²) < 4.78 is 1.93. The normalized spacial score (nSPS) is 23.2. The van der Waals surface area contributed by atoms with E-state index in [4.69, 9.17) is 16.6 Å². The second-order valence-electron chi connectivity index (χ2n) is 7.29. The number of likely N-dealkylation sites (tertiary alicyclic amines) is 1. The molecule has 0 amide bonds. The molecular formula is C18H18ClN9. The standard InChI is InChI=1S/C18H18ClN9/c1-24-8-4-7-15(24)13-10-25(23-22-13)26-11-21-17-12-5-2-3-6-14(12)27-16(28(17)26)9-20-18(27)19/h2-3,5-6,9-11,15,17H,4,7-8H2,1H3. The third-order valence-corrected chi connectivity index (χ3v) is 5.99. The Morgan fingerprint density at radius 1 is 1.21 bits per heavy atom. The summed E-state index contributed by atoms with van der Waals surface area (Å²) in [7, 11) is 2.13. The van der Waals surface area contributed by atoms with Crippen LogP contribution in [0.1, 0.15) is 36.3 Å². The molecule has 3 aliphatic heterocycles. The van der Waals surface area contributed by atoms with E-state index in [1.54, 1.807) is 17.3 Å². The van der Waals surface area contributed by atoms with E-state index in [-0.39, 0.29) is 6.17 Å². The first-order chi connectivity index (χ1) is 13.7. The lowest BCUT2D eigenvalue weighted by molar-refractivity contribution is 0.311. The summed E-state index contributed by atoms with van der Waals surface area (Å²) in [5.41, 5.74) is 3.03. The molecule has 10 heteroatoms. The molecule has 5 heterocycles. The Morgan fingerprint density at radius 3 is 2.96 bits per heavy atom. The maximum Gasteiger partial charge on any atom is 0.209 e. The van der Waals surface area contributed by atoms with Gasteiger partial charge in [0.25, 0.3) is 0 Å². The van der Waals surface area contributed by atoms with Crippen LogP contribution >= 0.6 is 11.6 Å². The maximum absolute atomic E-state index is 6.40. The van der Waals surface area contributed by atoms with Crippen molar-refractivity contribution < 1.29 is 0 Å². The molecule has 0 N–H and O–H groups in total. The zero-order chi connectivity index (χ0) is 18.8. The highest BCUT2D eigenvalue weighted by Crippen LogP contribution is 2.42. The summed E-state index contributed by atoms with van der Waals surface area (Å²) in [6.45, 7) is 1.09. The van der Waals surface area contributed by atoms with E-state index in [9.17, 15) is 0 Å². The van der Waals surface area contributed by atoms with Crippen LogP contribution < -0.4 is 10.1 Å². The lowest BCUT2D eigenvalue weighted by Gasteiger charge is -2.36. The van der Waals surface area contributed by atoms with Crippen LogP contribution in [0.2, 0.25) is 5.28 Å². The molecule has 9 nitrogen and oxygen atoms in total. The van der Waals surface area contributed by atoms with Gasteiger partial charge in [0.1, 0.15) is 12.0 Å². The zero-order valence-electron chi connectivity index (χ0n) is 15.2. The average molecular weight is 396 g/mol. The molecule has 0 spiro atoms. The number of nitrogens with zero attached hydrogens (tertiary/aromatic N) is 9. The van der Waals surface area contributed by atoms with Gasteiger partial charge in [-0.3, -0.25) is 9.47 Å². The molecule has 1 fully saturated rings. The Bertz CT molecular complexity index is 1090. The third-order valence-electron chi connectivity index (χ3n) is 5.73. The fraction of sp³-hybridized carbons (Fsp3) is 0.333. The molecule has 3 aliphatic rings. The van der Waals surface area contributed by atoms with Crippen LogP contribution in [0.15, 0.2) is 41.7 Å². The van der Waals surface area contributed by atoms with Gasteiger partial charge in [-0.05, 0) is 49.3 Å². The number of anilines is 1. The number of benzene rings is 1. The van der Waals surface area contributed by atoms with Crippen LogP contribution in [-0.4, -0.2) is 49.5 Å². The van der Waals surface area contributed by atoms with Gasteiger partial charge in [0, 0.05) is 5.56 Å². The van der Waals surface area contributed by atoms with Crippen LogP contribution in [0.25, 0.3) is 5.69 Å². The van der Waals surface area contributed by atoms with Crippen molar-refractivity contribution in [1.29, 1.82) is 0 Å². The van der Waals surface area contributed by atoms with Crippen molar-refractivity contribution in [3.63, 3.8) is 0 Å². The predicted molar refractivity (Wildman–Crippen MR) is 105 cm³/mol. The third kappa shape index (κ3) is 2.11. The highest BCUT2D eigenvalue weighted by atomic mass is 35.5. The molecule has 0 bridgehead atoms. The van der Waals surface area contributed by atoms with Crippen molar-refractivity contribution in [2.45, 2.75) is 25.0 Å². The largest absolute Gasteiger partial charge is 0.298 e. The van der Waals surface area contributed by atoms with Gasteiger partial charge in [0.15, 0.2) is 12.0 Å². The number of fused-ring (bicyclic) bond motifs is 6. The molecule has 0 aliphatic carbocycles. The Morgan fingerprint density at radius 2 is 2.11 bits per heavy atom. The molecule has 1 aromatic carbocycles. The van der Waals surface area contributed by atoms with Gasteiger partial charge in [-0.2, -0.15) is 5.12 Å². The highest BCUT2D eigenvalue weighted by molar-refractivity contribution is 6.29. The summed E-state index contributed by atoms with van der Waals surface area (Å²) in [6.07, 6.45) is 7.60. The fourth-order valence-electron chi connectivity index (χ4n) is 4.37. The Balaban J connectivity index is 1.42. The molecule has 1 saturated heterocycles. The zero-order valence-corrected chi connectivity index (χ0v) is 16.0. The van der Waals surface area contributed by atoms with Crippen molar-refractivity contribution >= 4 is 23.8 Å². The van der Waals surface area contributed by atoms with Crippen molar-refractivity contribution in [2.24, 2.45) is 4.99 Å². The van der Waals surface area contributed by atoms with Crippen LogP contribution in [0, 0.1) is 0 Å². The van der Waals surface area contributed by atoms with E-state index in [2.05, 4.69) is 33.3 Å². The molecule has 6 rings (SSSR count). The predicted octanol–water partition coefficient (Wildman–Crippen LogP) is 2.30. The minimum Gasteiger partial charge on any atom is -0.298 e. The van der Waals surface area contributed by atoms with Crippen LogP contribution in [0.3, 0.4) is 0 Å². The van der Waals surface area contributed by atoms with Gasteiger partial charge in [-0.1, -0.05) is 18.2 Å². The molecular weight excluding hydrogens is 378 g/mol. The van der Waals surface area contributed by atoms with Crippen LogP contribution in [0.4, 0.5) is 5.82 Å². The first-order valence-corrected chi connectivity index (χ1v) is 9.67. The summed E-state index contributed by atoms with van der Waals surface area (Å²) >= 11 is 6.40. The SMILES string of the molecule is CN1CCCC1c1cn(N2C=NC3c4ccccc4-n4c(cnc4Cl)N32)nn1. The number of hydrogen-bond acceptors (Lipinski definition) is 7. The number of halogens is 1. The topological polar surface area (TPSA) is 70.6 Å². The summed E-state index contributed by atoms with van der Waals surface area (Å²) in [4.78, 5) is 13.1. The second-order valence-corrected chi connectivity index (χ2v) is 7.62. The number of aromatic nitrogens is 5. The van der Waals surface area contributed by atoms with Crippen LogP contribution in [0.5, 0.6) is 0 Å². The number of hydrazine groups is 1. The van der Waals surface area contributed by atoms with Crippen molar-refractivity contribution in [1.82, 2.24) is 29.6 Å². The van der Waals surface area contributed by atoms with Crippen molar-refractivity contribution in [3.05, 3.63) is 53.2 Å². The van der Waals surface area contributed by atoms with E-state index < -0.39 is 0 Å². The smallest absolute Gasteiger partial charge is 0.209 e. The molecule has 142 valence electrons. The van der Waals surface area contributed by atoms with Gasteiger partial charge >= 0.3 is 0 Å². The quantitative estimate of drug-likeness (QED) is 0.663. The Kier molecular flexibility index (Phi) is 3.33. The summed E-state index contributed by atoms with van der Waals surface area (Å²) in [6, 6.07) is 8.41. The van der Waals surface area contributed by atoms with E-state index in [0.717, 1.165) is 35.7 Å². The van der Waals surface area contributed by atoms with Crippen molar-refractivity contribution in [3.8, 4) is 5.69 Å². The molecule has 2 unspecified atom stereocenters. The number of imidazole rings is 1. The first-order valence-electron chi connectivity index (χ1n) is 9.29. The molecule has 0 radical (unpaired) electrons. The summed E-state index contributed by atoms with van der Waals surface area (Å²) in [5.74, 6) is 0.834. The number of para-hydroxylation sites is 1. The molecule has 0 saturated carbocycles. The van der Waals surface area contributed by atoms with Gasteiger partial charge in [0.2, 0.25) is 5.28 Å². The minimum atomic E-state index is -0.196. The first kappa shape index (κ1) is 16.1. The van der Waals surface area contributed by atoms with Crippen LogP contribution in [-0.2, 0) is 0 Å². The lowest BCUT2D eigenvalue weighted by atomic mass is 10.1. The van der Waals surface area contributed by atoms with Gasteiger partial charge in [-0.15, -0.1) is 9.89 Å². The average Bonchev–Trinajstić information content (AvgIpc) is 3.46. The molecule has 3 aromatic rings. The van der Waals surface area contributed by atoms with E-state index in [1.807, 2.05) is 39.1 Å². The van der Waals surface area contributed by atoms with Gasteiger partial charge < -0.3 is 0 Å². The second kappa shape index (κ2) is 5.79. The number of hydrogen-bond donors (Lipinski definition) is 0. The summed E-state index contributed by atoms with van der Waals surface area (Å²) in [5, 5.41) is 13.1. The Hall–Kier alpha value is -2.91. The number of rotatable bonds is 2. The lowest BCUT2D eigenvalue weighted by Crippen LogP contribution is -2.49. The highest BCUT2D eigenvalue weighted by Gasteiger charge is 2.40. The van der Waals surface area contributed by atoms with E-state index in [0.29, 0.717) is 11.3 Å². The molecule has 28 heavy (non-hydrogen) atoms. The monoisotopic (exact) mass is 395 g/mol. The van der Waals surface area contributed by atoms with Gasteiger partial charge in [0.05, 0.1) is 24.1 Å². The van der Waals surface area contributed by atoms with E-state index >= 15 is 0 Å². The molecule has 2 atom stereocenters. The molecule has 2 aromatic heterocycles. The minimum absolute atomic E-state index is 0.196. The van der Waals surface area contributed by atoms with Gasteiger partial charge in [-0.25, -0.2) is 15.0 Å². The maximum atomic E-state index is 6.40. The van der Waals surface area contributed by atoms with Crippen molar-refractivity contribution in [2.75, 3.05) is 23.7 Å².